The van der Waals surface area contributed by atoms with E-state index in [1.54, 1.807) is 4.57 Å². The van der Waals surface area contributed by atoms with Crippen LogP contribution in [0.4, 0.5) is 0 Å². The Balaban J connectivity index is 2.11. The maximum absolute atomic E-state index is 13.0. The highest BCUT2D eigenvalue weighted by Crippen LogP contribution is 2.24. The average Bonchev–Trinajstić information content (AvgIpc) is 2.92. The Hall–Kier alpha value is -2.55. The lowest BCUT2D eigenvalue weighted by molar-refractivity contribution is 0.500. The fourth-order valence-electron chi connectivity index (χ4n) is 2.90. The second-order valence-corrected chi connectivity index (χ2v) is 6.65. The smallest absolute Gasteiger partial charge is 0.291 e. The molecule has 3 nitrogen and oxygen atoms in total. The van der Waals surface area contributed by atoms with Gasteiger partial charge >= 0.3 is 5.69 Å². The molecule has 0 bridgehead atoms. The van der Waals surface area contributed by atoms with E-state index < -0.39 is 0 Å². The van der Waals surface area contributed by atoms with Crippen LogP contribution < -0.4 is 5.69 Å². The second-order valence-electron chi connectivity index (χ2n) is 6.65. The molecule has 0 aliphatic rings. The number of imidazole rings is 1. The first-order valence-corrected chi connectivity index (χ1v) is 8.49. The van der Waals surface area contributed by atoms with Gasteiger partial charge in [-0.1, -0.05) is 69.3 Å². The zero-order valence-electron chi connectivity index (χ0n) is 14.5. The van der Waals surface area contributed by atoms with Gasteiger partial charge in [-0.25, -0.2) is 4.79 Å². The van der Waals surface area contributed by atoms with Gasteiger partial charge in [-0.15, -0.1) is 0 Å². The summed E-state index contributed by atoms with van der Waals surface area (Å²) >= 11 is 0. The number of para-hydroxylation sites is 1. The molecule has 124 valence electrons. The predicted molar refractivity (Wildman–Crippen MR) is 98.8 cm³/mol. The van der Waals surface area contributed by atoms with Gasteiger partial charge in [-0.2, -0.15) is 0 Å². The average molecular weight is 320 g/mol. The molecule has 24 heavy (non-hydrogen) atoms. The third kappa shape index (κ3) is 3.21. The minimum atomic E-state index is 0.0209. The van der Waals surface area contributed by atoms with Crippen molar-refractivity contribution in [2.75, 3.05) is 0 Å². The van der Waals surface area contributed by atoms with E-state index in [1.807, 2.05) is 59.3 Å². The zero-order valence-corrected chi connectivity index (χ0v) is 14.5. The Labute approximate surface area is 143 Å². The number of rotatable bonds is 5. The van der Waals surface area contributed by atoms with E-state index in [2.05, 4.69) is 32.9 Å². The van der Waals surface area contributed by atoms with Crippen LogP contribution in [0.2, 0.25) is 0 Å². The van der Waals surface area contributed by atoms with Gasteiger partial charge in [0.05, 0.1) is 12.2 Å². The third-order valence-corrected chi connectivity index (χ3v) is 4.69. The Morgan fingerprint density at radius 2 is 1.46 bits per heavy atom. The Bertz CT molecular complexity index is 845. The molecule has 0 radical (unpaired) electrons. The molecule has 0 fully saturated rings. The highest BCUT2D eigenvalue weighted by atomic mass is 16.1. The number of benzene rings is 2. The fraction of sp³-hybridized carbons (Fsp3) is 0.286. The van der Waals surface area contributed by atoms with Crippen molar-refractivity contribution in [1.29, 1.82) is 0 Å². The first-order chi connectivity index (χ1) is 11.6. The lowest BCUT2D eigenvalue weighted by atomic mass is 9.95. The molecule has 0 aliphatic carbocycles. The maximum Gasteiger partial charge on any atom is 0.333 e. The monoisotopic (exact) mass is 320 g/mol. The topological polar surface area (TPSA) is 26.9 Å². The molecule has 3 rings (SSSR count). The minimum Gasteiger partial charge on any atom is -0.291 e. The molecule has 0 amide bonds. The van der Waals surface area contributed by atoms with Crippen molar-refractivity contribution in [1.82, 2.24) is 9.13 Å². The summed E-state index contributed by atoms with van der Waals surface area (Å²) in [6.45, 7) is 7.19. The number of aromatic nitrogens is 2. The molecule has 0 spiro atoms. The van der Waals surface area contributed by atoms with Crippen LogP contribution in [0.5, 0.6) is 0 Å². The summed E-state index contributed by atoms with van der Waals surface area (Å²) in [7, 11) is 0. The number of hydrogen-bond donors (Lipinski definition) is 0. The van der Waals surface area contributed by atoms with Gasteiger partial charge in [-0.05, 0) is 23.6 Å². The Morgan fingerprint density at radius 3 is 2.04 bits per heavy atom. The van der Waals surface area contributed by atoms with Gasteiger partial charge in [0.25, 0.3) is 0 Å². The first kappa shape index (κ1) is 16.3. The lowest BCUT2D eigenvalue weighted by Crippen LogP contribution is -2.25. The molecule has 0 N–H and O–H groups in total. The van der Waals surface area contributed by atoms with Crippen molar-refractivity contribution >= 4 is 0 Å². The van der Waals surface area contributed by atoms with E-state index in [-0.39, 0.29) is 5.69 Å². The van der Waals surface area contributed by atoms with Crippen LogP contribution in [0.15, 0.2) is 71.7 Å². The molecule has 3 heteroatoms. The molecule has 0 aliphatic heterocycles. The molecule has 2 aromatic carbocycles. The molecule has 0 saturated carbocycles. The third-order valence-electron chi connectivity index (χ3n) is 4.69. The van der Waals surface area contributed by atoms with Crippen LogP contribution in [0.1, 0.15) is 37.9 Å². The van der Waals surface area contributed by atoms with Gasteiger partial charge in [0.1, 0.15) is 0 Å². The summed E-state index contributed by atoms with van der Waals surface area (Å²) in [5.41, 5.74) is 3.16. The van der Waals surface area contributed by atoms with Crippen molar-refractivity contribution < 1.29 is 0 Å². The lowest BCUT2D eigenvalue weighted by Gasteiger charge is -2.17. The standard InChI is InChI=1S/C21H24N2O/c1-16(2)17(3)20-15-22(19-12-8-5-9-13-19)21(24)23(20)14-18-10-6-4-7-11-18/h4-13,15-17H,14H2,1-3H3. The minimum absolute atomic E-state index is 0.0209. The highest BCUT2D eigenvalue weighted by molar-refractivity contribution is 5.33. The maximum atomic E-state index is 13.0. The largest absolute Gasteiger partial charge is 0.333 e. The molecule has 0 saturated heterocycles. The van der Waals surface area contributed by atoms with Crippen LogP contribution in [0, 0.1) is 5.92 Å². The van der Waals surface area contributed by atoms with Gasteiger partial charge in [0.2, 0.25) is 0 Å². The molecule has 1 heterocycles. The van der Waals surface area contributed by atoms with Crippen molar-refractivity contribution in [3.8, 4) is 5.69 Å². The Morgan fingerprint density at radius 1 is 0.875 bits per heavy atom. The first-order valence-electron chi connectivity index (χ1n) is 8.49. The summed E-state index contributed by atoms with van der Waals surface area (Å²) < 4.78 is 3.67. The fourth-order valence-corrected chi connectivity index (χ4v) is 2.90. The molecule has 1 atom stereocenters. The van der Waals surface area contributed by atoms with Gasteiger partial charge in [0.15, 0.2) is 0 Å². The van der Waals surface area contributed by atoms with Crippen LogP contribution in [0.3, 0.4) is 0 Å². The normalized spacial score (nSPS) is 12.5. The van der Waals surface area contributed by atoms with Crippen molar-refractivity contribution in [2.24, 2.45) is 5.92 Å². The van der Waals surface area contributed by atoms with E-state index in [1.165, 1.54) is 0 Å². The van der Waals surface area contributed by atoms with Gasteiger partial charge < -0.3 is 0 Å². The zero-order chi connectivity index (χ0) is 17.1. The van der Waals surface area contributed by atoms with Crippen molar-refractivity contribution in [2.45, 2.75) is 33.2 Å². The van der Waals surface area contributed by atoms with Crippen molar-refractivity contribution in [3.63, 3.8) is 0 Å². The SMILES string of the molecule is CC(C)C(C)c1cn(-c2ccccc2)c(=O)n1Cc1ccccc1. The molecule has 1 unspecified atom stereocenters. The summed E-state index contributed by atoms with van der Waals surface area (Å²) in [4.78, 5) is 13.0. The van der Waals surface area contributed by atoms with Gasteiger partial charge in [0, 0.05) is 17.8 Å². The van der Waals surface area contributed by atoms with Crippen LogP contribution >= 0.6 is 0 Å². The van der Waals surface area contributed by atoms with E-state index >= 15 is 0 Å². The summed E-state index contributed by atoms with van der Waals surface area (Å²) in [5.74, 6) is 0.782. The van der Waals surface area contributed by atoms with Crippen LogP contribution in [0.25, 0.3) is 5.69 Å². The summed E-state index contributed by atoms with van der Waals surface area (Å²) in [6.07, 6.45) is 2.01. The molecular formula is C21H24N2O. The number of nitrogens with zero attached hydrogens (tertiary/aromatic N) is 2. The van der Waals surface area contributed by atoms with E-state index in [9.17, 15) is 4.79 Å². The molecule has 3 aromatic rings. The predicted octanol–water partition coefficient (Wildman–Crippen LogP) is 4.45. The van der Waals surface area contributed by atoms with E-state index in [0.717, 1.165) is 16.9 Å². The molecule has 1 aromatic heterocycles. The van der Waals surface area contributed by atoms with E-state index in [0.29, 0.717) is 18.4 Å². The van der Waals surface area contributed by atoms with Crippen LogP contribution in [-0.2, 0) is 6.54 Å². The van der Waals surface area contributed by atoms with Crippen molar-refractivity contribution in [3.05, 3.63) is 88.6 Å². The van der Waals surface area contributed by atoms with E-state index in [4.69, 9.17) is 0 Å². The van der Waals surface area contributed by atoms with Gasteiger partial charge in [-0.3, -0.25) is 9.13 Å². The highest BCUT2D eigenvalue weighted by Gasteiger charge is 2.20. The summed E-state index contributed by atoms with van der Waals surface area (Å²) in [5, 5.41) is 0. The summed E-state index contributed by atoms with van der Waals surface area (Å²) in [6, 6.07) is 20.0. The molecular weight excluding hydrogens is 296 g/mol. The quantitative estimate of drug-likeness (QED) is 0.682. The van der Waals surface area contributed by atoms with Crippen LogP contribution in [-0.4, -0.2) is 9.13 Å². The number of hydrogen-bond acceptors (Lipinski definition) is 1. The second kappa shape index (κ2) is 6.91. The Kier molecular flexibility index (Phi) is 4.70.